The maximum Gasteiger partial charge on any atom is 0.340 e. The van der Waals surface area contributed by atoms with Gasteiger partial charge in [-0.1, -0.05) is 23.2 Å². The quantitative estimate of drug-likeness (QED) is 0.599. The van der Waals surface area contributed by atoms with Crippen LogP contribution in [0.4, 0.5) is 0 Å². The summed E-state index contributed by atoms with van der Waals surface area (Å²) in [4.78, 5) is 42.0. The van der Waals surface area contributed by atoms with Crippen molar-refractivity contribution in [2.24, 2.45) is 0 Å². The lowest BCUT2D eigenvalue weighted by molar-refractivity contribution is -0.140. The van der Waals surface area contributed by atoms with Crippen LogP contribution in [-0.4, -0.2) is 65.4 Å². The van der Waals surface area contributed by atoms with Gasteiger partial charge >= 0.3 is 5.97 Å². The largest absolute Gasteiger partial charge is 0.452 e. The molecule has 1 fully saturated rings. The lowest BCUT2D eigenvalue weighted by Crippen LogP contribution is -2.51. The third-order valence-corrected chi connectivity index (χ3v) is 4.12. The minimum absolute atomic E-state index is 0.0179. The number of halogens is 2. The first-order valence-electron chi connectivity index (χ1n) is 6.90. The van der Waals surface area contributed by atoms with Crippen LogP contribution >= 0.6 is 23.2 Å². The highest BCUT2D eigenvalue weighted by atomic mass is 35.5. The molecule has 23 heavy (non-hydrogen) atoms. The van der Waals surface area contributed by atoms with E-state index in [4.69, 9.17) is 27.9 Å². The molecular weight excluding hydrogens is 345 g/mol. The second kappa shape index (κ2) is 7.61. The third-order valence-electron chi connectivity index (χ3n) is 3.44. The van der Waals surface area contributed by atoms with Gasteiger partial charge in [-0.15, -0.1) is 0 Å². The molecule has 124 valence electrons. The molecule has 1 saturated heterocycles. The fourth-order valence-corrected chi connectivity index (χ4v) is 2.38. The van der Waals surface area contributed by atoms with Gasteiger partial charge in [0.1, 0.15) is 5.15 Å². The molecule has 7 nitrogen and oxygen atoms in total. The molecule has 1 aliphatic heterocycles. The summed E-state index contributed by atoms with van der Waals surface area (Å²) in [5, 5.41) is 0.218. The number of ether oxygens (including phenoxy) is 1. The highest BCUT2D eigenvalue weighted by Gasteiger charge is 2.23. The summed E-state index contributed by atoms with van der Waals surface area (Å²) >= 11 is 11.4. The molecule has 0 atom stereocenters. The van der Waals surface area contributed by atoms with E-state index < -0.39 is 5.97 Å². The monoisotopic (exact) mass is 359 g/mol. The number of hydrogen-bond donors (Lipinski definition) is 0. The molecule has 1 aromatic rings. The summed E-state index contributed by atoms with van der Waals surface area (Å²) in [6, 6.07) is 1.33. The first-order valence-corrected chi connectivity index (χ1v) is 7.65. The van der Waals surface area contributed by atoms with Crippen molar-refractivity contribution in [2.75, 3.05) is 32.8 Å². The van der Waals surface area contributed by atoms with Gasteiger partial charge in [-0.2, -0.15) is 0 Å². The molecule has 0 spiro atoms. The van der Waals surface area contributed by atoms with E-state index in [1.807, 2.05) is 0 Å². The van der Waals surface area contributed by atoms with Crippen molar-refractivity contribution in [3.8, 4) is 0 Å². The van der Waals surface area contributed by atoms with Crippen molar-refractivity contribution < 1.29 is 19.1 Å². The summed E-state index contributed by atoms with van der Waals surface area (Å²) < 4.78 is 4.96. The summed E-state index contributed by atoms with van der Waals surface area (Å²) in [5.41, 5.74) is 0.119. The molecule has 9 heteroatoms. The van der Waals surface area contributed by atoms with Crippen LogP contribution in [0.2, 0.25) is 10.2 Å². The summed E-state index contributed by atoms with van der Waals surface area (Å²) in [6.07, 6.45) is 1.23. The van der Waals surface area contributed by atoms with Crippen LogP contribution in [0.5, 0.6) is 0 Å². The lowest BCUT2D eigenvalue weighted by Gasteiger charge is -2.34. The Morgan fingerprint density at radius 3 is 2.35 bits per heavy atom. The molecule has 2 amide bonds. The molecule has 0 saturated carbocycles. The van der Waals surface area contributed by atoms with Crippen LogP contribution < -0.4 is 0 Å². The Morgan fingerprint density at radius 1 is 1.17 bits per heavy atom. The number of pyridine rings is 1. The summed E-state index contributed by atoms with van der Waals surface area (Å²) in [5.74, 6) is -1.03. The average Bonchev–Trinajstić information content (AvgIpc) is 2.54. The first kappa shape index (κ1) is 17.5. The number of aromatic nitrogens is 1. The molecule has 0 aliphatic carbocycles. The SMILES string of the molecule is CC(=O)N1CCN(C(=O)COC(=O)c2cnc(Cl)c(Cl)c2)CC1. The second-order valence-electron chi connectivity index (χ2n) is 4.96. The Kier molecular flexibility index (Phi) is 5.79. The van der Waals surface area contributed by atoms with Gasteiger partial charge in [0.2, 0.25) is 5.91 Å². The fraction of sp³-hybridized carbons (Fsp3) is 0.429. The topological polar surface area (TPSA) is 79.8 Å². The van der Waals surface area contributed by atoms with Gasteiger partial charge in [0.25, 0.3) is 5.91 Å². The standard InChI is InChI=1S/C14H15Cl2N3O4/c1-9(20)18-2-4-19(5-3-18)12(21)8-23-14(22)10-6-11(15)13(16)17-7-10/h6-7H,2-5,8H2,1H3. The minimum atomic E-state index is -0.702. The second-order valence-corrected chi connectivity index (χ2v) is 5.72. The number of piperazine rings is 1. The Labute approximate surface area is 143 Å². The number of nitrogens with zero attached hydrogens (tertiary/aromatic N) is 3. The predicted octanol–water partition coefficient (Wildman–Crippen LogP) is 1.24. The number of esters is 1. The maximum absolute atomic E-state index is 12.0. The van der Waals surface area contributed by atoms with Crippen molar-refractivity contribution in [3.05, 3.63) is 28.0 Å². The number of carbonyl (C=O) groups is 3. The van der Waals surface area contributed by atoms with Crippen LogP contribution in [0.15, 0.2) is 12.3 Å². The molecule has 2 heterocycles. The molecule has 0 aromatic carbocycles. The fourth-order valence-electron chi connectivity index (χ4n) is 2.11. The van der Waals surface area contributed by atoms with E-state index in [1.165, 1.54) is 19.2 Å². The Hall–Kier alpha value is -1.86. The van der Waals surface area contributed by atoms with Crippen LogP contribution in [0, 0.1) is 0 Å². The predicted molar refractivity (Wildman–Crippen MR) is 83.4 cm³/mol. The van der Waals surface area contributed by atoms with Gasteiger partial charge in [-0.3, -0.25) is 9.59 Å². The number of hydrogen-bond acceptors (Lipinski definition) is 5. The minimum Gasteiger partial charge on any atom is -0.452 e. The van der Waals surface area contributed by atoms with Crippen molar-refractivity contribution in [3.63, 3.8) is 0 Å². The molecule has 1 aliphatic rings. The zero-order valence-corrected chi connectivity index (χ0v) is 13.9. The van der Waals surface area contributed by atoms with Crippen molar-refractivity contribution >= 4 is 41.0 Å². The Morgan fingerprint density at radius 2 is 1.78 bits per heavy atom. The van der Waals surface area contributed by atoms with Crippen LogP contribution in [-0.2, 0) is 14.3 Å². The Balaban J connectivity index is 1.83. The first-order chi connectivity index (χ1) is 10.9. The van der Waals surface area contributed by atoms with E-state index in [9.17, 15) is 14.4 Å². The molecule has 0 N–H and O–H groups in total. The molecule has 1 aromatic heterocycles. The highest BCUT2D eigenvalue weighted by molar-refractivity contribution is 6.41. The van der Waals surface area contributed by atoms with E-state index in [0.29, 0.717) is 26.2 Å². The van der Waals surface area contributed by atoms with E-state index in [-0.39, 0.29) is 34.2 Å². The van der Waals surface area contributed by atoms with Crippen LogP contribution in [0.3, 0.4) is 0 Å². The lowest BCUT2D eigenvalue weighted by atomic mass is 10.3. The molecule has 0 unspecified atom stereocenters. The smallest absolute Gasteiger partial charge is 0.340 e. The van der Waals surface area contributed by atoms with Gasteiger partial charge in [0.05, 0.1) is 10.6 Å². The van der Waals surface area contributed by atoms with Gasteiger partial charge in [-0.05, 0) is 6.07 Å². The van der Waals surface area contributed by atoms with Crippen LogP contribution in [0.25, 0.3) is 0 Å². The summed E-state index contributed by atoms with van der Waals surface area (Å²) in [6.45, 7) is 2.91. The summed E-state index contributed by atoms with van der Waals surface area (Å²) in [7, 11) is 0. The number of carbonyl (C=O) groups excluding carboxylic acids is 3. The molecule has 0 bridgehead atoms. The van der Waals surface area contributed by atoms with Gasteiger partial charge < -0.3 is 14.5 Å². The zero-order chi connectivity index (χ0) is 17.0. The third kappa shape index (κ3) is 4.56. The molecule has 2 rings (SSSR count). The zero-order valence-electron chi connectivity index (χ0n) is 12.4. The average molecular weight is 360 g/mol. The molecular formula is C14H15Cl2N3O4. The highest BCUT2D eigenvalue weighted by Crippen LogP contribution is 2.20. The van der Waals surface area contributed by atoms with Gasteiger partial charge in [-0.25, -0.2) is 9.78 Å². The Bertz CT molecular complexity index is 630. The van der Waals surface area contributed by atoms with E-state index in [1.54, 1.807) is 9.80 Å². The van der Waals surface area contributed by atoms with E-state index >= 15 is 0 Å². The van der Waals surface area contributed by atoms with E-state index in [0.717, 1.165) is 0 Å². The van der Waals surface area contributed by atoms with Crippen molar-refractivity contribution in [1.29, 1.82) is 0 Å². The van der Waals surface area contributed by atoms with E-state index in [2.05, 4.69) is 4.98 Å². The number of amides is 2. The normalized spacial score (nSPS) is 14.6. The molecule has 0 radical (unpaired) electrons. The van der Waals surface area contributed by atoms with Crippen LogP contribution in [0.1, 0.15) is 17.3 Å². The van der Waals surface area contributed by atoms with Crippen molar-refractivity contribution in [1.82, 2.24) is 14.8 Å². The van der Waals surface area contributed by atoms with Gasteiger partial charge in [0.15, 0.2) is 6.61 Å². The van der Waals surface area contributed by atoms with Crippen molar-refractivity contribution in [2.45, 2.75) is 6.92 Å². The number of rotatable bonds is 3. The maximum atomic E-state index is 12.0. The van der Waals surface area contributed by atoms with Gasteiger partial charge in [0, 0.05) is 39.3 Å².